The van der Waals surface area contributed by atoms with Crippen molar-refractivity contribution in [3.63, 3.8) is 0 Å². The molecular formula is C21H36O5SSi. The molecule has 28 heavy (non-hydrogen) atoms. The first-order chi connectivity index (χ1) is 13.3. The molecule has 0 saturated heterocycles. The molecule has 0 aliphatic rings. The van der Waals surface area contributed by atoms with Crippen molar-refractivity contribution in [3.05, 3.63) is 35.4 Å². The van der Waals surface area contributed by atoms with Crippen LogP contribution < -0.4 is 0 Å². The Morgan fingerprint density at radius 3 is 2.14 bits per heavy atom. The Balaban J connectivity index is 2.50. The van der Waals surface area contributed by atoms with E-state index in [-0.39, 0.29) is 5.78 Å². The molecule has 1 aromatic carbocycles. The summed E-state index contributed by atoms with van der Waals surface area (Å²) in [6, 6.07) is 8.37. The first-order valence-corrected chi connectivity index (χ1v) is 13.2. The highest BCUT2D eigenvalue weighted by atomic mass is 32.2. The monoisotopic (exact) mass is 428 g/mol. The van der Waals surface area contributed by atoms with Gasteiger partial charge in [-0.05, 0) is 64.5 Å². The average molecular weight is 429 g/mol. The smallest absolute Gasteiger partial charge is 0.382 e. The Labute approximate surface area is 175 Å². The molecular weight excluding hydrogens is 392 g/mol. The number of hydrogen-bond donors (Lipinski definition) is 1. The van der Waals surface area contributed by atoms with E-state index in [1.54, 1.807) is 6.07 Å². The van der Waals surface area contributed by atoms with Crippen LogP contribution in [0, 0.1) is 0 Å². The van der Waals surface area contributed by atoms with Crippen LogP contribution in [0.15, 0.2) is 24.3 Å². The molecule has 7 heteroatoms. The SMILES string of the molecule is CCO[Si](CCCSCCc1ccccc1C(=O)C(C)(C)O)(OCC)OCC. The van der Waals surface area contributed by atoms with E-state index in [0.717, 1.165) is 36.0 Å². The largest absolute Gasteiger partial charge is 0.500 e. The normalized spacial score (nSPS) is 12.4. The summed E-state index contributed by atoms with van der Waals surface area (Å²) in [6.07, 6.45) is 1.77. The predicted octanol–water partition coefficient (Wildman–Crippen LogP) is 4.35. The third kappa shape index (κ3) is 8.35. The number of ketones is 1. The summed E-state index contributed by atoms with van der Waals surface area (Å²) in [6.45, 7) is 10.8. The molecule has 0 atom stereocenters. The van der Waals surface area contributed by atoms with Crippen molar-refractivity contribution in [1.82, 2.24) is 0 Å². The van der Waals surface area contributed by atoms with E-state index in [9.17, 15) is 9.90 Å². The summed E-state index contributed by atoms with van der Waals surface area (Å²) in [7, 11) is -2.55. The van der Waals surface area contributed by atoms with Gasteiger partial charge in [0.25, 0.3) is 0 Å². The van der Waals surface area contributed by atoms with Crippen LogP contribution in [-0.4, -0.2) is 56.6 Å². The molecule has 160 valence electrons. The maximum absolute atomic E-state index is 12.4. The van der Waals surface area contributed by atoms with E-state index in [4.69, 9.17) is 13.3 Å². The molecule has 0 unspecified atom stereocenters. The molecule has 5 nitrogen and oxygen atoms in total. The number of hydrogen-bond acceptors (Lipinski definition) is 6. The number of benzene rings is 1. The van der Waals surface area contributed by atoms with Crippen molar-refractivity contribution in [1.29, 1.82) is 0 Å². The van der Waals surface area contributed by atoms with E-state index >= 15 is 0 Å². The summed E-state index contributed by atoms with van der Waals surface area (Å²) in [5.74, 6) is 1.68. The van der Waals surface area contributed by atoms with Crippen LogP contribution in [0.2, 0.25) is 6.04 Å². The molecule has 0 aromatic heterocycles. The average Bonchev–Trinajstić information content (AvgIpc) is 2.64. The minimum Gasteiger partial charge on any atom is -0.382 e. The van der Waals surface area contributed by atoms with Crippen molar-refractivity contribution >= 4 is 26.3 Å². The second kappa shape index (κ2) is 12.8. The Kier molecular flexibility index (Phi) is 11.6. The summed E-state index contributed by atoms with van der Waals surface area (Å²) in [4.78, 5) is 12.4. The first kappa shape index (κ1) is 25.3. The van der Waals surface area contributed by atoms with Crippen molar-refractivity contribution in [3.8, 4) is 0 Å². The fraction of sp³-hybridized carbons (Fsp3) is 0.667. The van der Waals surface area contributed by atoms with Crippen molar-refractivity contribution in [2.75, 3.05) is 31.3 Å². The van der Waals surface area contributed by atoms with Crippen LogP contribution in [0.3, 0.4) is 0 Å². The van der Waals surface area contributed by atoms with Crippen LogP contribution in [-0.2, 0) is 19.7 Å². The zero-order valence-electron chi connectivity index (χ0n) is 18.0. The number of Topliss-reactive ketones (excluding diaryl/α,β-unsaturated/α-hetero) is 1. The molecule has 0 fully saturated rings. The molecule has 0 amide bonds. The molecule has 0 aliphatic heterocycles. The molecule has 0 radical (unpaired) electrons. The number of aliphatic hydroxyl groups is 1. The Bertz CT molecular complexity index is 571. The Morgan fingerprint density at radius 2 is 1.61 bits per heavy atom. The molecule has 1 rings (SSSR count). The number of aryl methyl sites for hydroxylation is 1. The fourth-order valence-electron chi connectivity index (χ4n) is 2.97. The second-order valence-corrected chi connectivity index (χ2v) is 11.0. The third-order valence-electron chi connectivity index (χ3n) is 4.20. The summed E-state index contributed by atoms with van der Waals surface area (Å²) in [5, 5.41) is 10.0. The lowest BCUT2D eigenvalue weighted by Gasteiger charge is -2.28. The number of carbonyl (C=O) groups is 1. The van der Waals surface area contributed by atoms with Crippen LogP contribution in [0.4, 0.5) is 0 Å². The summed E-state index contributed by atoms with van der Waals surface area (Å²) < 4.78 is 17.7. The second-order valence-electron chi connectivity index (χ2n) is 6.99. The lowest BCUT2D eigenvalue weighted by atomic mass is 9.92. The zero-order chi connectivity index (χ0) is 21.0. The van der Waals surface area contributed by atoms with Crippen LogP contribution in [0.1, 0.15) is 57.0 Å². The topological polar surface area (TPSA) is 65.0 Å². The van der Waals surface area contributed by atoms with Crippen LogP contribution >= 0.6 is 11.8 Å². The maximum atomic E-state index is 12.4. The lowest BCUT2D eigenvalue weighted by molar-refractivity contribution is 0.0487. The van der Waals surface area contributed by atoms with Gasteiger partial charge in [-0.3, -0.25) is 4.79 Å². The summed E-state index contributed by atoms with van der Waals surface area (Å²) >= 11 is 1.85. The lowest BCUT2D eigenvalue weighted by Crippen LogP contribution is -2.46. The van der Waals surface area contributed by atoms with Crippen LogP contribution in [0.25, 0.3) is 0 Å². The van der Waals surface area contributed by atoms with E-state index in [1.807, 2.05) is 50.7 Å². The molecule has 0 spiro atoms. The van der Waals surface area contributed by atoms with Gasteiger partial charge in [0, 0.05) is 31.4 Å². The van der Waals surface area contributed by atoms with Gasteiger partial charge < -0.3 is 18.4 Å². The Hall–Kier alpha value is -0.703. The van der Waals surface area contributed by atoms with E-state index in [0.29, 0.717) is 25.4 Å². The molecule has 1 aromatic rings. The van der Waals surface area contributed by atoms with Gasteiger partial charge in [-0.25, -0.2) is 0 Å². The van der Waals surface area contributed by atoms with E-state index in [1.165, 1.54) is 13.8 Å². The minimum atomic E-state index is -2.55. The van der Waals surface area contributed by atoms with Gasteiger partial charge in [-0.1, -0.05) is 24.3 Å². The van der Waals surface area contributed by atoms with Gasteiger partial charge in [0.05, 0.1) is 0 Å². The zero-order valence-corrected chi connectivity index (χ0v) is 19.8. The van der Waals surface area contributed by atoms with Gasteiger partial charge in [-0.2, -0.15) is 11.8 Å². The van der Waals surface area contributed by atoms with Crippen molar-refractivity contribution in [2.45, 2.75) is 59.1 Å². The van der Waals surface area contributed by atoms with Crippen LogP contribution in [0.5, 0.6) is 0 Å². The number of carbonyl (C=O) groups excluding carboxylic acids is 1. The van der Waals surface area contributed by atoms with E-state index < -0.39 is 14.4 Å². The highest BCUT2D eigenvalue weighted by molar-refractivity contribution is 7.99. The standard InChI is InChI=1S/C21H36O5SSi/c1-6-24-28(25-7-2,26-8-3)17-11-15-27-16-14-18-12-9-10-13-19(18)20(22)21(4,5)23/h9-10,12-13,23H,6-8,11,14-17H2,1-5H3. The molecule has 0 bridgehead atoms. The summed E-state index contributed by atoms with van der Waals surface area (Å²) in [5.41, 5.74) is 0.254. The van der Waals surface area contributed by atoms with Gasteiger partial charge in [0.1, 0.15) is 5.60 Å². The first-order valence-electron chi connectivity index (χ1n) is 10.1. The van der Waals surface area contributed by atoms with Gasteiger partial charge in [0.2, 0.25) is 0 Å². The molecule has 0 saturated carbocycles. The quantitative estimate of drug-likeness (QED) is 0.254. The molecule has 1 N–H and O–H groups in total. The molecule has 0 heterocycles. The maximum Gasteiger partial charge on any atom is 0.500 e. The molecule has 0 aliphatic carbocycles. The highest BCUT2D eigenvalue weighted by Gasteiger charge is 2.39. The number of rotatable bonds is 15. The minimum absolute atomic E-state index is 0.228. The highest BCUT2D eigenvalue weighted by Crippen LogP contribution is 2.22. The third-order valence-corrected chi connectivity index (χ3v) is 8.42. The Morgan fingerprint density at radius 1 is 1.04 bits per heavy atom. The number of thioether (sulfide) groups is 1. The van der Waals surface area contributed by atoms with Crippen molar-refractivity contribution in [2.24, 2.45) is 0 Å². The van der Waals surface area contributed by atoms with E-state index in [2.05, 4.69) is 0 Å². The van der Waals surface area contributed by atoms with Crippen molar-refractivity contribution < 1.29 is 23.2 Å². The fourth-order valence-corrected chi connectivity index (χ4v) is 6.75. The van der Waals surface area contributed by atoms with Gasteiger partial charge >= 0.3 is 8.80 Å². The predicted molar refractivity (Wildman–Crippen MR) is 118 cm³/mol. The van der Waals surface area contributed by atoms with Gasteiger partial charge in [-0.15, -0.1) is 0 Å². The van der Waals surface area contributed by atoms with Gasteiger partial charge in [0.15, 0.2) is 5.78 Å².